The Morgan fingerprint density at radius 3 is 2.72 bits per heavy atom. The maximum atomic E-state index is 12.3. The van der Waals surface area contributed by atoms with Gasteiger partial charge in [0.05, 0.1) is 12.2 Å². The summed E-state index contributed by atoms with van der Waals surface area (Å²) in [5.41, 5.74) is 7.87. The lowest BCUT2D eigenvalue weighted by Gasteiger charge is -2.22. The predicted molar refractivity (Wildman–Crippen MR) is 73.5 cm³/mol. The number of amides is 1. The number of hydrogen-bond acceptors (Lipinski definition) is 3. The number of unbranched alkanes of at least 4 members (excludes halogenated alkanes) is 1. The highest BCUT2D eigenvalue weighted by Gasteiger charge is 2.17. The molecule has 0 bridgehead atoms. The normalized spacial score (nSPS) is 10.4. The van der Waals surface area contributed by atoms with Gasteiger partial charge in [-0.1, -0.05) is 25.0 Å². The summed E-state index contributed by atoms with van der Waals surface area (Å²) in [5, 5.41) is 9.03. The summed E-state index contributed by atoms with van der Waals surface area (Å²) >= 11 is 0. The van der Waals surface area contributed by atoms with Crippen LogP contribution in [0, 0.1) is 6.92 Å². The highest BCUT2D eigenvalue weighted by atomic mass is 16.3. The molecule has 4 heteroatoms. The average molecular weight is 250 g/mol. The predicted octanol–water partition coefficient (Wildman–Crippen LogP) is 1.81. The van der Waals surface area contributed by atoms with Gasteiger partial charge in [-0.15, -0.1) is 0 Å². The number of nitrogen functional groups attached to an aromatic ring is 1. The molecule has 0 unspecified atom stereocenters. The molecule has 18 heavy (non-hydrogen) atoms. The SMILES string of the molecule is CCCCN(CCO)C(=O)c1cc(C)ccc1N. The number of nitrogens with two attached hydrogens (primary N) is 1. The maximum Gasteiger partial charge on any atom is 0.256 e. The zero-order chi connectivity index (χ0) is 13.5. The monoisotopic (exact) mass is 250 g/mol. The lowest BCUT2D eigenvalue weighted by Crippen LogP contribution is -2.34. The Balaban J connectivity index is 2.90. The van der Waals surface area contributed by atoms with Crippen molar-refractivity contribution in [3.8, 4) is 0 Å². The van der Waals surface area contributed by atoms with E-state index < -0.39 is 0 Å². The van der Waals surface area contributed by atoms with Gasteiger partial charge in [-0.05, 0) is 25.5 Å². The van der Waals surface area contributed by atoms with E-state index >= 15 is 0 Å². The first kappa shape index (κ1) is 14.5. The fraction of sp³-hybridized carbons (Fsp3) is 0.500. The van der Waals surface area contributed by atoms with Crippen LogP contribution in [-0.2, 0) is 0 Å². The minimum atomic E-state index is -0.0984. The molecule has 0 saturated heterocycles. The molecule has 0 radical (unpaired) electrons. The summed E-state index contributed by atoms with van der Waals surface area (Å²) in [7, 11) is 0. The summed E-state index contributed by atoms with van der Waals surface area (Å²) < 4.78 is 0. The van der Waals surface area contributed by atoms with Gasteiger partial charge in [0.25, 0.3) is 5.91 Å². The van der Waals surface area contributed by atoms with Crippen molar-refractivity contribution in [1.82, 2.24) is 4.90 Å². The second-order valence-corrected chi connectivity index (χ2v) is 4.46. The van der Waals surface area contributed by atoms with Crippen LogP contribution in [0.1, 0.15) is 35.7 Å². The molecule has 1 amide bonds. The van der Waals surface area contributed by atoms with Crippen LogP contribution in [0.2, 0.25) is 0 Å². The van der Waals surface area contributed by atoms with E-state index in [9.17, 15) is 4.79 Å². The van der Waals surface area contributed by atoms with E-state index in [4.69, 9.17) is 10.8 Å². The minimum Gasteiger partial charge on any atom is -0.398 e. The lowest BCUT2D eigenvalue weighted by molar-refractivity contribution is 0.0720. The Morgan fingerprint density at radius 1 is 1.39 bits per heavy atom. The smallest absolute Gasteiger partial charge is 0.256 e. The van der Waals surface area contributed by atoms with Crippen molar-refractivity contribution < 1.29 is 9.90 Å². The molecule has 0 aliphatic rings. The molecule has 100 valence electrons. The van der Waals surface area contributed by atoms with Gasteiger partial charge < -0.3 is 15.7 Å². The second kappa shape index (κ2) is 7.01. The third kappa shape index (κ3) is 3.74. The molecule has 0 heterocycles. The summed E-state index contributed by atoms with van der Waals surface area (Å²) in [4.78, 5) is 14.0. The van der Waals surface area contributed by atoms with Crippen molar-refractivity contribution in [3.63, 3.8) is 0 Å². The van der Waals surface area contributed by atoms with E-state index in [2.05, 4.69) is 6.92 Å². The Hall–Kier alpha value is -1.55. The second-order valence-electron chi connectivity index (χ2n) is 4.46. The van der Waals surface area contributed by atoms with Crippen molar-refractivity contribution in [2.24, 2.45) is 0 Å². The summed E-state index contributed by atoms with van der Waals surface area (Å²) in [6.07, 6.45) is 1.94. The first-order chi connectivity index (χ1) is 8.60. The molecule has 0 spiro atoms. The number of hydrogen-bond donors (Lipinski definition) is 2. The Labute approximate surface area is 108 Å². The first-order valence-corrected chi connectivity index (χ1v) is 6.36. The van der Waals surface area contributed by atoms with Gasteiger partial charge in [-0.25, -0.2) is 0 Å². The quantitative estimate of drug-likeness (QED) is 0.757. The van der Waals surface area contributed by atoms with E-state index in [0.717, 1.165) is 18.4 Å². The van der Waals surface area contributed by atoms with E-state index in [1.165, 1.54) is 0 Å². The summed E-state index contributed by atoms with van der Waals surface area (Å²) in [6.45, 7) is 4.98. The maximum absolute atomic E-state index is 12.3. The molecule has 1 aromatic carbocycles. The third-order valence-corrected chi connectivity index (χ3v) is 2.88. The zero-order valence-corrected chi connectivity index (χ0v) is 11.1. The highest BCUT2D eigenvalue weighted by Crippen LogP contribution is 2.16. The molecule has 0 atom stereocenters. The van der Waals surface area contributed by atoms with E-state index in [1.54, 1.807) is 17.0 Å². The molecule has 0 aliphatic carbocycles. The van der Waals surface area contributed by atoms with E-state index in [-0.39, 0.29) is 12.5 Å². The number of nitrogens with zero attached hydrogens (tertiary/aromatic N) is 1. The highest BCUT2D eigenvalue weighted by molar-refractivity contribution is 5.99. The molecule has 1 aromatic rings. The van der Waals surface area contributed by atoms with Crippen LogP contribution in [0.4, 0.5) is 5.69 Å². The fourth-order valence-electron chi connectivity index (χ4n) is 1.81. The fourth-order valence-corrected chi connectivity index (χ4v) is 1.81. The van der Waals surface area contributed by atoms with Gasteiger partial charge in [0, 0.05) is 18.8 Å². The molecular weight excluding hydrogens is 228 g/mol. The number of aliphatic hydroxyl groups excluding tert-OH is 1. The van der Waals surface area contributed by atoms with Crippen LogP contribution in [0.15, 0.2) is 18.2 Å². The minimum absolute atomic E-state index is 0.0266. The van der Waals surface area contributed by atoms with Gasteiger partial charge in [-0.3, -0.25) is 4.79 Å². The van der Waals surface area contributed by atoms with Crippen molar-refractivity contribution in [2.75, 3.05) is 25.4 Å². The van der Waals surface area contributed by atoms with Gasteiger partial charge in [0.2, 0.25) is 0 Å². The Kier molecular flexibility index (Phi) is 5.65. The van der Waals surface area contributed by atoms with E-state index in [0.29, 0.717) is 24.3 Å². The molecule has 3 N–H and O–H groups in total. The third-order valence-electron chi connectivity index (χ3n) is 2.88. The van der Waals surface area contributed by atoms with Crippen molar-refractivity contribution in [1.29, 1.82) is 0 Å². The average Bonchev–Trinajstić information content (AvgIpc) is 2.36. The number of aryl methyl sites for hydroxylation is 1. The molecular formula is C14H22N2O2. The van der Waals surface area contributed by atoms with Crippen molar-refractivity contribution >= 4 is 11.6 Å². The number of carbonyl (C=O) groups is 1. The van der Waals surface area contributed by atoms with Crippen LogP contribution < -0.4 is 5.73 Å². The van der Waals surface area contributed by atoms with Gasteiger partial charge in [0.1, 0.15) is 0 Å². The number of aliphatic hydroxyl groups is 1. The van der Waals surface area contributed by atoms with E-state index in [1.807, 2.05) is 13.0 Å². The molecule has 0 fully saturated rings. The van der Waals surface area contributed by atoms with Crippen LogP contribution in [-0.4, -0.2) is 35.6 Å². The van der Waals surface area contributed by atoms with Crippen LogP contribution in [0.25, 0.3) is 0 Å². The molecule has 1 rings (SSSR count). The number of anilines is 1. The van der Waals surface area contributed by atoms with Gasteiger partial charge in [0.15, 0.2) is 0 Å². The topological polar surface area (TPSA) is 66.6 Å². The largest absolute Gasteiger partial charge is 0.398 e. The number of carbonyl (C=O) groups excluding carboxylic acids is 1. The Bertz CT molecular complexity index is 405. The first-order valence-electron chi connectivity index (χ1n) is 6.36. The standard InChI is InChI=1S/C14H22N2O2/c1-3-4-7-16(8-9-17)14(18)12-10-11(2)5-6-13(12)15/h5-6,10,17H,3-4,7-9,15H2,1-2H3. The van der Waals surface area contributed by atoms with Crippen LogP contribution in [0.3, 0.4) is 0 Å². The van der Waals surface area contributed by atoms with Gasteiger partial charge >= 0.3 is 0 Å². The van der Waals surface area contributed by atoms with Crippen LogP contribution >= 0.6 is 0 Å². The summed E-state index contributed by atoms with van der Waals surface area (Å²) in [6, 6.07) is 5.43. The Morgan fingerprint density at radius 2 is 2.11 bits per heavy atom. The lowest BCUT2D eigenvalue weighted by atomic mass is 10.1. The summed E-state index contributed by atoms with van der Waals surface area (Å²) in [5.74, 6) is -0.0984. The number of benzene rings is 1. The molecule has 0 saturated carbocycles. The van der Waals surface area contributed by atoms with Crippen molar-refractivity contribution in [3.05, 3.63) is 29.3 Å². The molecule has 4 nitrogen and oxygen atoms in total. The molecule has 0 aliphatic heterocycles. The van der Waals surface area contributed by atoms with Crippen LogP contribution in [0.5, 0.6) is 0 Å². The zero-order valence-electron chi connectivity index (χ0n) is 11.1. The van der Waals surface area contributed by atoms with Crippen molar-refractivity contribution in [2.45, 2.75) is 26.7 Å². The van der Waals surface area contributed by atoms with Gasteiger partial charge in [-0.2, -0.15) is 0 Å². The molecule has 0 aromatic heterocycles. The number of rotatable bonds is 6.